The van der Waals surface area contributed by atoms with Crippen molar-refractivity contribution in [3.63, 3.8) is 0 Å². The van der Waals surface area contributed by atoms with E-state index in [1.54, 1.807) is 0 Å². The molecular weight excluding hydrogens is 404 g/mol. The lowest BCUT2D eigenvalue weighted by Gasteiger charge is -2.07. The Morgan fingerprint density at radius 3 is 1.03 bits per heavy atom. The van der Waals surface area contributed by atoms with Crippen molar-refractivity contribution in [1.82, 2.24) is 0 Å². The summed E-state index contributed by atoms with van der Waals surface area (Å²) in [5.74, 6) is 1.87. The summed E-state index contributed by atoms with van der Waals surface area (Å²) < 4.78 is 22.6. The van der Waals surface area contributed by atoms with Crippen LogP contribution in [0.4, 0.5) is 0 Å². The molecule has 0 bridgehead atoms. The summed E-state index contributed by atoms with van der Waals surface area (Å²) in [6.45, 7) is 4.73. The molecule has 32 heavy (non-hydrogen) atoms. The molecule has 6 nitrogen and oxygen atoms in total. The van der Waals surface area contributed by atoms with Gasteiger partial charge < -0.3 is 30.4 Å². The van der Waals surface area contributed by atoms with Crippen LogP contribution in [0.15, 0.2) is 60.7 Å². The number of nitrogens with two attached hydrogens (primary N) is 2. The van der Waals surface area contributed by atoms with Crippen LogP contribution in [0.25, 0.3) is 0 Å². The third-order valence-corrected chi connectivity index (χ3v) is 4.22. The Balaban J connectivity index is 0.00000227. The second kappa shape index (κ2) is 25.1. The molecule has 0 fully saturated rings. The third kappa shape index (κ3) is 18.6. The first-order chi connectivity index (χ1) is 15.9. The van der Waals surface area contributed by atoms with Crippen LogP contribution in [-0.2, 0) is 9.47 Å². The van der Waals surface area contributed by atoms with Gasteiger partial charge in [-0.3, -0.25) is 0 Å². The van der Waals surface area contributed by atoms with Gasteiger partial charge in [0.25, 0.3) is 0 Å². The molecule has 0 aromatic heterocycles. The Morgan fingerprint density at radius 2 is 0.719 bits per heavy atom. The second-order valence-corrected chi connectivity index (χ2v) is 6.67. The van der Waals surface area contributed by atoms with Crippen LogP contribution in [0.2, 0.25) is 0 Å². The van der Waals surface area contributed by atoms with Crippen LogP contribution in [0, 0.1) is 0 Å². The molecule has 2 aromatic carbocycles. The largest absolute Gasteiger partial charge is 0.494 e. The van der Waals surface area contributed by atoms with Gasteiger partial charge in [-0.15, -0.1) is 0 Å². The van der Waals surface area contributed by atoms with E-state index in [9.17, 15) is 0 Å². The summed E-state index contributed by atoms with van der Waals surface area (Å²) in [4.78, 5) is 0. The molecule has 4 N–H and O–H groups in total. The van der Waals surface area contributed by atoms with E-state index in [1.807, 2.05) is 60.7 Å². The molecule has 0 radical (unpaired) electrons. The number of rotatable bonds is 17. The number of ether oxygens (including phenoxy) is 4. The maximum absolute atomic E-state index is 5.66. The molecule has 0 atom stereocenters. The van der Waals surface area contributed by atoms with E-state index >= 15 is 0 Å². The van der Waals surface area contributed by atoms with E-state index in [-0.39, 0.29) is 0 Å². The Kier molecular flexibility index (Phi) is 23.5. The Morgan fingerprint density at radius 1 is 0.438 bits per heavy atom. The highest BCUT2D eigenvalue weighted by Gasteiger charge is 1.96. The molecule has 0 saturated heterocycles. The summed E-state index contributed by atoms with van der Waals surface area (Å²) in [5, 5.41) is 0. The van der Waals surface area contributed by atoms with Gasteiger partial charge in [-0.2, -0.15) is 0 Å². The summed E-state index contributed by atoms with van der Waals surface area (Å²) in [7, 11) is 3.00. The van der Waals surface area contributed by atoms with Crippen molar-refractivity contribution < 1.29 is 18.9 Å². The van der Waals surface area contributed by atoms with Crippen LogP contribution >= 0.6 is 0 Å². The molecule has 182 valence electrons. The lowest BCUT2D eigenvalue weighted by atomic mass is 10.3. The Bertz CT molecular complexity index is 531. The average molecular weight is 449 g/mol. The van der Waals surface area contributed by atoms with Gasteiger partial charge in [0.05, 0.1) is 13.2 Å². The highest BCUT2D eigenvalue weighted by atomic mass is 16.5. The number of hydrogen-bond acceptors (Lipinski definition) is 6. The highest BCUT2D eigenvalue weighted by Crippen LogP contribution is 2.09. The normalized spacial score (nSPS) is 9.75. The van der Waals surface area contributed by atoms with Gasteiger partial charge in [0.1, 0.15) is 11.5 Å². The molecule has 0 spiro atoms. The molecule has 0 aliphatic carbocycles. The predicted molar refractivity (Wildman–Crippen MR) is 133 cm³/mol. The molecule has 0 aliphatic rings. The predicted octanol–water partition coefficient (Wildman–Crippen LogP) is 4.67. The number of unbranched alkanes of at least 4 members (excludes halogenated alkanes) is 3. The van der Waals surface area contributed by atoms with Crippen molar-refractivity contribution in [3.05, 3.63) is 60.7 Å². The molecule has 6 heteroatoms. The third-order valence-electron chi connectivity index (χ3n) is 4.22. The number of hydrogen-bond donors (Lipinski definition) is 2. The van der Waals surface area contributed by atoms with Crippen molar-refractivity contribution in [2.24, 2.45) is 11.5 Å². The molecular formula is C26H44N2O4. The minimum Gasteiger partial charge on any atom is -0.494 e. The fourth-order valence-electron chi connectivity index (χ4n) is 2.64. The zero-order valence-corrected chi connectivity index (χ0v) is 20.0. The average Bonchev–Trinajstić information content (AvgIpc) is 2.87. The summed E-state index contributed by atoms with van der Waals surface area (Å²) in [6.07, 6.45) is 6.22. The van der Waals surface area contributed by atoms with Gasteiger partial charge in [0, 0.05) is 26.4 Å². The standard InChI is InChI=1S/C24H34O4.2CH5N/c1-3-13-23(14-4-1)27-21-11-9-19-25-17-7-8-18-26-20-10-12-22-28-24-15-5-2-6-16-24;2*1-2/h1-6,13-16H,7-12,17-22H2;2*2H2,1H3. The van der Waals surface area contributed by atoms with Crippen LogP contribution in [0.3, 0.4) is 0 Å². The van der Waals surface area contributed by atoms with E-state index in [2.05, 4.69) is 11.5 Å². The number of para-hydroxylation sites is 2. The van der Waals surface area contributed by atoms with Crippen molar-refractivity contribution >= 4 is 0 Å². The van der Waals surface area contributed by atoms with Gasteiger partial charge in [-0.25, -0.2) is 0 Å². The van der Waals surface area contributed by atoms with E-state index in [4.69, 9.17) is 18.9 Å². The molecule has 2 rings (SSSR count). The topological polar surface area (TPSA) is 89.0 Å². The quantitative estimate of drug-likeness (QED) is 0.342. The zero-order chi connectivity index (χ0) is 23.5. The maximum atomic E-state index is 5.66. The lowest BCUT2D eigenvalue weighted by Crippen LogP contribution is -2.04. The molecule has 2 aromatic rings. The molecule has 0 amide bonds. The van der Waals surface area contributed by atoms with Crippen LogP contribution < -0.4 is 20.9 Å². The van der Waals surface area contributed by atoms with Gasteiger partial charge in [0.15, 0.2) is 0 Å². The lowest BCUT2D eigenvalue weighted by molar-refractivity contribution is 0.0968. The van der Waals surface area contributed by atoms with E-state index in [0.717, 1.165) is 89.7 Å². The molecule has 0 saturated carbocycles. The summed E-state index contributed by atoms with van der Waals surface area (Å²) in [5.41, 5.74) is 9.00. The molecule has 0 heterocycles. The zero-order valence-electron chi connectivity index (χ0n) is 20.0. The van der Waals surface area contributed by atoms with Crippen molar-refractivity contribution in [2.45, 2.75) is 38.5 Å². The Labute approximate surface area is 195 Å². The highest BCUT2D eigenvalue weighted by molar-refractivity contribution is 5.21. The first-order valence-electron chi connectivity index (χ1n) is 11.6. The first-order valence-corrected chi connectivity index (χ1v) is 11.6. The monoisotopic (exact) mass is 448 g/mol. The maximum Gasteiger partial charge on any atom is 0.119 e. The number of benzene rings is 2. The van der Waals surface area contributed by atoms with Crippen molar-refractivity contribution in [3.8, 4) is 11.5 Å². The summed E-state index contributed by atoms with van der Waals surface area (Å²) >= 11 is 0. The smallest absolute Gasteiger partial charge is 0.119 e. The van der Waals surface area contributed by atoms with E-state index in [0.29, 0.717) is 0 Å². The van der Waals surface area contributed by atoms with E-state index in [1.165, 1.54) is 14.1 Å². The SMILES string of the molecule is CN.CN.c1ccc(OCCCCOCCCCOCCCCOc2ccccc2)cc1. The minimum atomic E-state index is 0.748. The van der Waals surface area contributed by atoms with Crippen LogP contribution in [-0.4, -0.2) is 53.7 Å². The van der Waals surface area contributed by atoms with Gasteiger partial charge in [-0.05, 0) is 76.9 Å². The van der Waals surface area contributed by atoms with Gasteiger partial charge in [-0.1, -0.05) is 36.4 Å². The van der Waals surface area contributed by atoms with E-state index < -0.39 is 0 Å². The summed E-state index contributed by atoms with van der Waals surface area (Å²) in [6, 6.07) is 19.9. The van der Waals surface area contributed by atoms with Crippen molar-refractivity contribution in [2.75, 3.05) is 53.7 Å². The van der Waals surface area contributed by atoms with Crippen LogP contribution in [0.1, 0.15) is 38.5 Å². The van der Waals surface area contributed by atoms with Crippen LogP contribution in [0.5, 0.6) is 11.5 Å². The van der Waals surface area contributed by atoms with Gasteiger partial charge in [0.2, 0.25) is 0 Å². The fourth-order valence-corrected chi connectivity index (χ4v) is 2.64. The second-order valence-electron chi connectivity index (χ2n) is 6.67. The van der Waals surface area contributed by atoms with Gasteiger partial charge >= 0.3 is 0 Å². The Hall–Kier alpha value is -2.12. The first kappa shape index (κ1) is 29.9. The molecule has 0 unspecified atom stereocenters. The minimum absolute atomic E-state index is 0.748. The molecule has 0 aliphatic heterocycles. The fraction of sp³-hybridized carbons (Fsp3) is 0.538. The van der Waals surface area contributed by atoms with Crippen molar-refractivity contribution in [1.29, 1.82) is 0 Å².